The molecule has 0 fully saturated rings. The summed E-state index contributed by atoms with van der Waals surface area (Å²) in [5.41, 5.74) is -0.534. The van der Waals surface area contributed by atoms with E-state index in [1.165, 1.54) is 17.5 Å². The van der Waals surface area contributed by atoms with Gasteiger partial charge in [0.25, 0.3) is 0 Å². The molecular formula is C12H13NO3S. The van der Waals surface area contributed by atoms with Gasteiger partial charge in [-0.25, -0.2) is 4.79 Å². The molecular weight excluding hydrogens is 238 g/mol. The largest absolute Gasteiger partial charge is 0.477 e. The van der Waals surface area contributed by atoms with Crippen molar-refractivity contribution in [2.75, 3.05) is 0 Å². The Morgan fingerprint density at radius 3 is 2.82 bits per heavy atom. The summed E-state index contributed by atoms with van der Waals surface area (Å²) in [6.07, 6.45) is 2.35. The highest BCUT2D eigenvalue weighted by atomic mass is 32.1. The highest BCUT2D eigenvalue weighted by Gasteiger charge is 2.15. The summed E-state index contributed by atoms with van der Waals surface area (Å²) in [7, 11) is 0. The van der Waals surface area contributed by atoms with Crippen LogP contribution in [0.25, 0.3) is 10.2 Å². The molecule has 1 N–H and O–H groups in total. The summed E-state index contributed by atoms with van der Waals surface area (Å²) in [5, 5.41) is 9.53. The number of carbonyl (C=O) groups is 1. The summed E-state index contributed by atoms with van der Waals surface area (Å²) < 4.78 is 1.86. The highest BCUT2D eigenvalue weighted by molar-refractivity contribution is 7.18. The zero-order chi connectivity index (χ0) is 12.6. The van der Waals surface area contributed by atoms with E-state index < -0.39 is 5.97 Å². The van der Waals surface area contributed by atoms with Gasteiger partial charge in [0.05, 0.1) is 5.39 Å². The van der Waals surface area contributed by atoms with Crippen LogP contribution in [-0.2, 0) is 6.54 Å². The molecule has 2 aromatic rings. The Labute approximate surface area is 102 Å². The number of hydrogen-bond acceptors (Lipinski definition) is 3. The van der Waals surface area contributed by atoms with Gasteiger partial charge in [0.2, 0.25) is 5.43 Å². The van der Waals surface area contributed by atoms with E-state index in [2.05, 4.69) is 0 Å². The van der Waals surface area contributed by atoms with Gasteiger partial charge in [0, 0.05) is 17.6 Å². The number of thiophene rings is 1. The zero-order valence-electron chi connectivity index (χ0n) is 9.69. The van der Waals surface area contributed by atoms with Crippen molar-refractivity contribution < 1.29 is 9.90 Å². The molecule has 0 bridgehead atoms. The second kappa shape index (κ2) is 4.33. The van der Waals surface area contributed by atoms with Crippen LogP contribution in [-0.4, -0.2) is 15.6 Å². The molecule has 17 heavy (non-hydrogen) atoms. The average molecular weight is 251 g/mol. The fourth-order valence-corrected chi connectivity index (χ4v) is 2.86. The summed E-state index contributed by atoms with van der Waals surface area (Å²) in [5.74, 6) is -1.16. The third kappa shape index (κ3) is 1.98. The summed E-state index contributed by atoms with van der Waals surface area (Å²) in [6, 6.07) is 1.76. The van der Waals surface area contributed by atoms with E-state index in [9.17, 15) is 9.59 Å². The molecule has 0 saturated heterocycles. The lowest BCUT2D eigenvalue weighted by atomic mass is 10.2. The van der Waals surface area contributed by atoms with E-state index in [0.717, 1.165) is 22.7 Å². The van der Waals surface area contributed by atoms with Crippen LogP contribution in [0.1, 0.15) is 28.6 Å². The first-order valence-corrected chi connectivity index (χ1v) is 6.23. The molecule has 0 saturated carbocycles. The fraction of sp³-hybridized carbons (Fsp3) is 0.333. The molecule has 0 aromatic carbocycles. The maximum Gasteiger partial charge on any atom is 0.341 e. The molecule has 0 radical (unpaired) electrons. The van der Waals surface area contributed by atoms with E-state index in [-0.39, 0.29) is 11.0 Å². The Morgan fingerprint density at radius 1 is 1.53 bits per heavy atom. The molecule has 5 heteroatoms. The second-order valence-electron chi connectivity index (χ2n) is 3.95. The van der Waals surface area contributed by atoms with Crippen LogP contribution >= 0.6 is 11.3 Å². The Kier molecular flexibility index (Phi) is 3.02. The van der Waals surface area contributed by atoms with Gasteiger partial charge in [-0.05, 0) is 19.4 Å². The van der Waals surface area contributed by atoms with E-state index in [1.807, 2.05) is 18.4 Å². The predicted octanol–water partition coefficient (Wildman–Crippen LogP) is 2.48. The lowest BCUT2D eigenvalue weighted by molar-refractivity contribution is 0.0695. The monoisotopic (exact) mass is 251 g/mol. The maximum atomic E-state index is 12.0. The topological polar surface area (TPSA) is 59.3 Å². The van der Waals surface area contributed by atoms with Gasteiger partial charge in [-0.3, -0.25) is 4.79 Å². The number of fused-ring (bicyclic) bond motifs is 1. The minimum Gasteiger partial charge on any atom is -0.477 e. The van der Waals surface area contributed by atoms with Gasteiger partial charge in [0.1, 0.15) is 10.4 Å². The van der Waals surface area contributed by atoms with E-state index >= 15 is 0 Å². The van der Waals surface area contributed by atoms with Crippen molar-refractivity contribution in [3.8, 4) is 0 Å². The highest BCUT2D eigenvalue weighted by Crippen LogP contribution is 2.23. The molecule has 0 aliphatic rings. The van der Waals surface area contributed by atoms with Gasteiger partial charge >= 0.3 is 5.97 Å². The molecule has 90 valence electrons. The first kappa shape index (κ1) is 11.9. The van der Waals surface area contributed by atoms with Crippen LogP contribution in [0, 0.1) is 6.92 Å². The zero-order valence-corrected chi connectivity index (χ0v) is 10.5. The Hall–Kier alpha value is -1.62. The minimum absolute atomic E-state index is 0.149. The molecule has 0 aliphatic heterocycles. The number of aryl methyl sites for hydroxylation is 2. The minimum atomic E-state index is -1.16. The van der Waals surface area contributed by atoms with Crippen LogP contribution in [0.3, 0.4) is 0 Å². The van der Waals surface area contributed by atoms with Gasteiger partial charge in [-0.2, -0.15) is 0 Å². The number of hydrogen-bond donors (Lipinski definition) is 1. The van der Waals surface area contributed by atoms with Crippen molar-refractivity contribution >= 4 is 27.5 Å². The van der Waals surface area contributed by atoms with Gasteiger partial charge in [-0.1, -0.05) is 6.92 Å². The van der Waals surface area contributed by atoms with Gasteiger partial charge < -0.3 is 9.67 Å². The standard InChI is InChI=1S/C12H13NO3S/c1-3-4-13-6-9(12(15)16)10(14)8-5-7(2)17-11(8)13/h5-6H,3-4H2,1-2H3,(H,15,16). The van der Waals surface area contributed by atoms with E-state index in [1.54, 1.807) is 6.07 Å². The number of nitrogens with zero attached hydrogens (tertiary/aromatic N) is 1. The number of rotatable bonds is 3. The molecule has 0 aliphatic carbocycles. The first-order chi connectivity index (χ1) is 8.04. The molecule has 2 aromatic heterocycles. The van der Waals surface area contributed by atoms with Crippen LogP contribution in [0.4, 0.5) is 0 Å². The average Bonchev–Trinajstić information content (AvgIpc) is 2.64. The van der Waals surface area contributed by atoms with Crippen molar-refractivity contribution in [1.29, 1.82) is 0 Å². The first-order valence-electron chi connectivity index (χ1n) is 5.41. The number of pyridine rings is 1. The Bertz CT molecular complexity index is 639. The second-order valence-corrected chi connectivity index (χ2v) is 5.18. The quantitative estimate of drug-likeness (QED) is 0.911. The third-order valence-electron chi connectivity index (χ3n) is 2.57. The number of aromatic nitrogens is 1. The third-order valence-corrected chi connectivity index (χ3v) is 3.65. The van der Waals surface area contributed by atoms with Crippen LogP contribution in [0.5, 0.6) is 0 Å². The smallest absolute Gasteiger partial charge is 0.341 e. The summed E-state index contributed by atoms with van der Waals surface area (Å²) >= 11 is 1.52. The number of carboxylic acids is 1. The predicted molar refractivity (Wildman–Crippen MR) is 68.1 cm³/mol. The summed E-state index contributed by atoms with van der Waals surface area (Å²) in [6.45, 7) is 4.66. The normalized spacial score (nSPS) is 10.9. The lowest BCUT2D eigenvalue weighted by Crippen LogP contribution is -2.17. The SMILES string of the molecule is CCCn1cc(C(=O)O)c(=O)c2cc(C)sc21. The fourth-order valence-electron chi connectivity index (χ4n) is 1.86. The van der Waals surface area contributed by atoms with Crippen LogP contribution < -0.4 is 5.43 Å². The van der Waals surface area contributed by atoms with Gasteiger partial charge in [0.15, 0.2) is 0 Å². The molecule has 4 nitrogen and oxygen atoms in total. The molecule has 0 unspecified atom stereocenters. The van der Waals surface area contributed by atoms with E-state index in [4.69, 9.17) is 5.11 Å². The molecule has 0 spiro atoms. The Morgan fingerprint density at radius 2 is 2.24 bits per heavy atom. The summed E-state index contributed by atoms with van der Waals surface area (Å²) in [4.78, 5) is 24.8. The van der Waals surface area contributed by atoms with Crippen molar-refractivity contribution in [1.82, 2.24) is 4.57 Å². The molecule has 0 amide bonds. The van der Waals surface area contributed by atoms with Crippen LogP contribution in [0.2, 0.25) is 0 Å². The van der Waals surface area contributed by atoms with Crippen LogP contribution in [0.15, 0.2) is 17.1 Å². The Balaban J connectivity index is 2.84. The van der Waals surface area contributed by atoms with E-state index in [0.29, 0.717) is 5.39 Å². The maximum absolute atomic E-state index is 12.0. The lowest BCUT2D eigenvalue weighted by Gasteiger charge is -2.07. The van der Waals surface area contributed by atoms with Crippen molar-refractivity contribution in [3.05, 3.63) is 32.9 Å². The molecule has 2 heterocycles. The molecule has 2 rings (SSSR count). The van der Waals surface area contributed by atoms with Crippen molar-refractivity contribution in [3.63, 3.8) is 0 Å². The molecule has 0 atom stereocenters. The number of carboxylic acid groups (broad SMARTS) is 1. The van der Waals surface area contributed by atoms with Crippen molar-refractivity contribution in [2.24, 2.45) is 0 Å². The number of aromatic carboxylic acids is 1. The van der Waals surface area contributed by atoms with Gasteiger partial charge in [-0.15, -0.1) is 11.3 Å². The van der Waals surface area contributed by atoms with Crippen molar-refractivity contribution in [2.45, 2.75) is 26.8 Å².